The summed E-state index contributed by atoms with van der Waals surface area (Å²) in [5.74, 6) is -0.860. The van der Waals surface area contributed by atoms with Crippen LogP contribution < -0.4 is 5.32 Å². The first kappa shape index (κ1) is 27.1. The van der Waals surface area contributed by atoms with Crippen molar-refractivity contribution in [1.29, 1.82) is 0 Å². The van der Waals surface area contributed by atoms with E-state index in [4.69, 9.17) is 9.47 Å². The highest BCUT2D eigenvalue weighted by Crippen LogP contribution is 2.63. The summed E-state index contributed by atoms with van der Waals surface area (Å²) in [6.45, 7) is 7.05. The number of halogens is 1. The van der Waals surface area contributed by atoms with Crippen LogP contribution in [0.25, 0.3) is 22.0 Å². The van der Waals surface area contributed by atoms with Gasteiger partial charge in [0.2, 0.25) is 5.91 Å². The molecule has 2 unspecified atom stereocenters. The Hall–Kier alpha value is -2.96. The van der Waals surface area contributed by atoms with Crippen molar-refractivity contribution in [3.05, 3.63) is 54.0 Å². The second-order valence-corrected chi connectivity index (χ2v) is 11.9. The van der Waals surface area contributed by atoms with Crippen LogP contribution in [0.3, 0.4) is 0 Å². The van der Waals surface area contributed by atoms with E-state index in [1.54, 1.807) is 45.2 Å². The molecule has 0 fully saturated rings. The number of hydrogen-bond acceptors (Lipinski definition) is 7. The fourth-order valence-corrected chi connectivity index (χ4v) is 6.48. The largest absolute Gasteiger partial charge is 0.443 e. The van der Waals surface area contributed by atoms with E-state index in [2.05, 4.69) is 5.32 Å². The first-order chi connectivity index (χ1) is 17.3. The molecule has 2 aromatic carbocycles. The molecule has 1 aromatic heterocycles. The summed E-state index contributed by atoms with van der Waals surface area (Å²) in [5.41, 5.74) is 1.65. The predicted molar refractivity (Wildman–Crippen MR) is 140 cm³/mol. The van der Waals surface area contributed by atoms with Gasteiger partial charge in [-0.3, -0.25) is 18.5 Å². The van der Waals surface area contributed by atoms with Crippen LogP contribution in [0.2, 0.25) is 0 Å². The summed E-state index contributed by atoms with van der Waals surface area (Å²) < 4.78 is 49.9. The average molecular weight is 534 g/mol. The number of benzene rings is 2. The number of nitrogens with zero attached hydrogens (tertiary/aromatic N) is 2. The highest BCUT2D eigenvalue weighted by molar-refractivity contribution is 8.22. The number of aromatic nitrogens is 1. The minimum absolute atomic E-state index is 0.0269. The zero-order chi connectivity index (χ0) is 27.3. The Morgan fingerprint density at radius 2 is 1.89 bits per heavy atom. The maximum Gasteiger partial charge on any atom is 0.419 e. The molecule has 1 amide bonds. The molecule has 11 heteroatoms. The van der Waals surface area contributed by atoms with Gasteiger partial charge in [0.25, 0.3) is 0 Å². The van der Waals surface area contributed by atoms with Crippen LogP contribution in [0.5, 0.6) is 0 Å². The maximum atomic E-state index is 14.1. The van der Waals surface area contributed by atoms with Crippen LogP contribution in [-0.4, -0.2) is 62.4 Å². The normalized spacial score (nSPS) is 18.9. The number of likely N-dealkylation sites (N-methyl/N-ethyl adjacent to an activating group) is 1. The van der Waals surface area contributed by atoms with Crippen LogP contribution in [0, 0.1) is 5.82 Å². The fourth-order valence-electron chi connectivity index (χ4n) is 4.54. The first-order valence-electron chi connectivity index (χ1n) is 11.8. The van der Waals surface area contributed by atoms with Gasteiger partial charge in [-0.05, 0) is 69.2 Å². The molecule has 0 bridgehead atoms. The fraction of sp³-hybridized carbons (Fsp3) is 0.385. The Bertz CT molecular complexity index is 1370. The Labute approximate surface area is 216 Å². The number of rotatable bonds is 5. The molecule has 200 valence electrons. The van der Waals surface area contributed by atoms with Crippen molar-refractivity contribution in [1.82, 2.24) is 14.2 Å². The van der Waals surface area contributed by atoms with Gasteiger partial charge in [-0.15, -0.1) is 10.8 Å². The van der Waals surface area contributed by atoms with Gasteiger partial charge < -0.3 is 14.8 Å². The van der Waals surface area contributed by atoms with Crippen molar-refractivity contribution in [3.63, 3.8) is 0 Å². The summed E-state index contributed by atoms with van der Waals surface area (Å²) in [6, 6.07) is 8.95. The Morgan fingerprint density at radius 3 is 2.51 bits per heavy atom. The third-order valence-electron chi connectivity index (χ3n) is 6.35. The molecule has 0 aliphatic carbocycles. The van der Waals surface area contributed by atoms with Gasteiger partial charge in [-0.25, -0.2) is 9.18 Å². The van der Waals surface area contributed by atoms with Crippen LogP contribution in [0.4, 0.5) is 9.18 Å². The minimum atomic E-state index is -3.37. The standard InChI is InChI=1S/C26H32FN3O6S/c1-15-19-11-16(7-10-23(19)37(33,34)30(15)14-22(35-6)24(31)28-5)20-13-29(25(32)36-26(2,3)4)21-12-17(27)8-9-18(20)21/h7-13,15,22,33-34H,14H2,1-6H3,(H,28,31). The van der Waals surface area contributed by atoms with Crippen molar-refractivity contribution >= 4 is 33.7 Å². The van der Waals surface area contributed by atoms with E-state index < -0.39 is 40.4 Å². The number of carbonyl (C=O) groups is 2. The number of ether oxygens (including phenoxy) is 2. The quantitative estimate of drug-likeness (QED) is 0.403. The van der Waals surface area contributed by atoms with Crippen molar-refractivity contribution in [2.24, 2.45) is 0 Å². The van der Waals surface area contributed by atoms with Crippen molar-refractivity contribution in [2.75, 3.05) is 20.7 Å². The van der Waals surface area contributed by atoms with Crippen molar-refractivity contribution in [2.45, 2.75) is 50.3 Å². The topological polar surface area (TPSA) is 113 Å². The summed E-state index contributed by atoms with van der Waals surface area (Å²) in [4.78, 5) is 25.4. The van der Waals surface area contributed by atoms with Gasteiger partial charge in [0.05, 0.1) is 23.0 Å². The van der Waals surface area contributed by atoms with Crippen molar-refractivity contribution in [3.8, 4) is 11.1 Å². The second kappa shape index (κ2) is 9.73. The van der Waals surface area contributed by atoms with E-state index >= 15 is 0 Å². The molecule has 9 nitrogen and oxygen atoms in total. The Balaban J connectivity index is 1.78. The molecule has 0 saturated heterocycles. The Kier molecular flexibility index (Phi) is 7.12. The lowest BCUT2D eigenvalue weighted by Crippen LogP contribution is -2.42. The van der Waals surface area contributed by atoms with E-state index in [0.717, 1.165) is 0 Å². The highest BCUT2D eigenvalue weighted by Gasteiger charge is 2.42. The third kappa shape index (κ3) is 4.97. The van der Waals surface area contributed by atoms with E-state index in [9.17, 15) is 23.1 Å². The third-order valence-corrected chi connectivity index (χ3v) is 8.43. The van der Waals surface area contributed by atoms with Crippen LogP contribution in [0.1, 0.15) is 39.3 Å². The van der Waals surface area contributed by atoms with Crippen LogP contribution in [0.15, 0.2) is 47.5 Å². The Morgan fingerprint density at radius 1 is 1.19 bits per heavy atom. The average Bonchev–Trinajstić information content (AvgIpc) is 3.28. The zero-order valence-electron chi connectivity index (χ0n) is 21.6. The van der Waals surface area contributed by atoms with Gasteiger partial charge in [-0.1, -0.05) is 6.07 Å². The van der Waals surface area contributed by atoms with Gasteiger partial charge in [-0.2, -0.15) is 4.31 Å². The zero-order valence-corrected chi connectivity index (χ0v) is 22.4. The molecule has 4 rings (SSSR count). The molecular formula is C26H32FN3O6S. The highest BCUT2D eigenvalue weighted by atomic mass is 32.3. The lowest BCUT2D eigenvalue weighted by Gasteiger charge is -2.40. The first-order valence-corrected chi connectivity index (χ1v) is 13.3. The molecule has 3 aromatic rings. The molecule has 2 atom stereocenters. The van der Waals surface area contributed by atoms with E-state index in [1.165, 1.54) is 35.2 Å². The van der Waals surface area contributed by atoms with E-state index in [1.807, 2.05) is 13.0 Å². The van der Waals surface area contributed by atoms with Gasteiger partial charge in [0.1, 0.15) is 17.5 Å². The van der Waals surface area contributed by atoms with Crippen molar-refractivity contribution < 1.29 is 32.6 Å². The molecule has 0 radical (unpaired) electrons. The van der Waals surface area contributed by atoms with E-state index in [-0.39, 0.29) is 12.5 Å². The molecule has 1 aliphatic heterocycles. The second-order valence-electron chi connectivity index (χ2n) is 9.94. The van der Waals surface area contributed by atoms with E-state index in [0.29, 0.717) is 32.5 Å². The SMILES string of the molecule is CNC(=O)C(CN1C(C)c2cc(-c3cn(C(=O)OC(C)(C)C)c4cc(F)ccc34)ccc2S1(O)O)OC. The molecule has 3 N–H and O–H groups in total. The molecule has 1 aliphatic rings. The number of carbonyl (C=O) groups excluding carboxylic acids is 2. The lowest BCUT2D eigenvalue weighted by atomic mass is 9.99. The maximum absolute atomic E-state index is 14.1. The molecule has 0 spiro atoms. The number of nitrogens with one attached hydrogen (secondary N) is 1. The van der Waals surface area contributed by atoms with Gasteiger partial charge in [0.15, 0.2) is 0 Å². The smallest absolute Gasteiger partial charge is 0.419 e. The number of amides is 1. The monoisotopic (exact) mass is 533 g/mol. The molecule has 2 heterocycles. The number of hydrogen-bond donors (Lipinski definition) is 3. The number of fused-ring (bicyclic) bond motifs is 2. The molecule has 0 saturated carbocycles. The lowest BCUT2D eigenvalue weighted by molar-refractivity contribution is -0.131. The van der Waals surface area contributed by atoms with Crippen LogP contribution in [-0.2, 0) is 14.3 Å². The number of methoxy groups -OCH3 is 1. The minimum Gasteiger partial charge on any atom is -0.443 e. The molecular weight excluding hydrogens is 501 g/mol. The van der Waals surface area contributed by atoms with Gasteiger partial charge in [0, 0.05) is 31.3 Å². The summed E-state index contributed by atoms with van der Waals surface area (Å²) in [5, 5.41) is 3.16. The summed E-state index contributed by atoms with van der Waals surface area (Å²) >= 11 is 0. The van der Waals surface area contributed by atoms with Gasteiger partial charge >= 0.3 is 6.09 Å². The predicted octanol–water partition coefficient (Wildman–Crippen LogP) is 5.39. The summed E-state index contributed by atoms with van der Waals surface area (Å²) in [7, 11) is -0.497. The summed E-state index contributed by atoms with van der Waals surface area (Å²) in [6.07, 6.45) is 0.0695. The van der Waals surface area contributed by atoms with Crippen LogP contribution >= 0.6 is 10.8 Å². The molecule has 37 heavy (non-hydrogen) atoms.